The van der Waals surface area contributed by atoms with Gasteiger partial charge in [-0.05, 0) is 36.6 Å². The van der Waals surface area contributed by atoms with Gasteiger partial charge in [-0.25, -0.2) is 4.98 Å². The number of unbranched alkanes of at least 4 members (excludes halogenated alkanes) is 1. The fourth-order valence-electron chi connectivity index (χ4n) is 3.48. The number of nitrogens with two attached hydrogens (primary N) is 1. The topological polar surface area (TPSA) is 104 Å². The summed E-state index contributed by atoms with van der Waals surface area (Å²) in [4.78, 5) is 18.8. The molecule has 1 heterocycles. The molecule has 3 rings (SSSR count). The summed E-state index contributed by atoms with van der Waals surface area (Å²) in [5.41, 5.74) is 8.50. The summed E-state index contributed by atoms with van der Waals surface area (Å²) >= 11 is 6.32. The molecule has 0 aliphatic heterocycles. The molecule has 168 valence electrons. The number of benzene rings is 2. The second-order valence-electron chi connectivity index (χ2n) is 7.59. The van der Waals surface area contributed by atoms with Crippen LogP contribution in [0, 0.1) is 12.3 Å². The molecule has 0 aliphatic carbocycles. The number of aromatic nitrogens is 1. The van der Waals surface area contributed by atoms with Crippen molar-refractivity contribution >= 4 is 45.8 Å². The number of anilines is 2. The van der Waals surface area contributed by atoms with Crippen molar-refractivity contribution in [3.63, 3.8) is 0 Å². The summed E-state index contributed by atoms with van der Waals surface area (Å²) in [6.45, 7) is 5.12. The number of guanidine groups is 1. The van der Waals surface area contributed by atoms with Crippen molar-refractivity contribution in [1.29, 1.82) is 5.41 Å². The molecule has 0 saturated carbocycles. The second-order valence-corrected chi connectivity index (χ2v) is 8.00. The first-order valence-corrected chi connectivity index (χ1v) is 10.9. The predicted octanol–water partition coefficient (Wildman–Crippen LogP) is 4.85. The van der Waals surface area contributed by atoms with Gasteiger partial charge in [0.1, 0.15) is 12.4 Å². The molecule has 4 N–H and O–H groups in total. The van der Waals surface area contributed by atoms with Gasteiger partial charge in [0.25, 0.3) is 0 Å². The first kappa shape index (κ1) is 23.3. The number of hydrogen-bond donors (Lipinski definition) is 3. The number of pyridine rings is 1. The van der Waals surface area contributed by atoms with Crippen LogP contribution in [0.2, 0.25) is 5.02 Å². The molecule has 0 fully saturated rings. The highest BCUT2D eigenvalue weighted by Crippen LogP contribution is 2.30. The molecule has 0 radical (unpaired) electrons. The summed E-state index contributed by atoms with van der Waals surface area (Å²) in [5.74, 6) is -0.00538. The Morgan fingerprint density at radius 2 is 2.03 bits per heavy atom. The average molecular weight is 454 g/mol. The lowest BCUT2D eigenvalue weighted by molar-refractivity contribution is -0.142. The van der Waals surface area contributed by atoms with Crippen LogP contribution in [-0.2, 0) is 16.1 Å². The molecule has 3 aromatic rings. The maximum absolute atomic E-state index is 12.5. The minimum Gasteiger partial charge on any atom is -0.464 e. The summed E-state index contributed by atoms with van der Waals surface area (Å²) in [7, 11) is 0. The molecule has 7 nitrogen and oxygen atoms in total. The Hall–Kier alpha value is -3.32. The van der Waals surface area contributed by atoms with Gasteiger partial charge in [-0.2, -0.15) is 0 Å². The lowest BCUT2D eigenvalue weighted by Gasteiger charge is -2.26. The van der Waals surface area contributed by atoms with Crippen LogP contribution >= 0.6 is 11.6 Å². The number of para-hydroxylation sites is 1. The minimum absolute atomic E-state index is 0.138. The molecule has 0 unspecified atom stereocenters. The van der Waals surface area contributed by atoms with Gasteiger partial charge < -0.3 is 20.7 Å². The van der Waals surface area contributed by atoms with Crippen molar-refractivity contribution in [2.75, 3.05) is 23.4 Å². The molecule has 0 saturated heterocycles. The summed E-state index contributed by atoms with van der Waals surface area (Å²) in [5, 5.41) is 12.4. The van der Waals surface area contributed by atoms with E-state index in [9.17, 15) is 4.79 Å². The third-order valence-corrected chi connectivity index (χ3v) is 5.37. The quantitative estimate of drug-likeness (QED) is 0.185. The zero-order valence-corrected chi connectivity index (χ0v) is 19.1. The van der Waals surface area contributed by atoms with Crippen LogP contribution in [-0.4, -0.2) is 30.1 Å². The summed E-state index contributed by atoms with van der Waals surface area (Å²) in [6.07, 6.45) is 3.35. The van der Waals surface area contributed by atoms with E-state index >= 15 is 0 Å². The summed E-state index contributed by atoms with van der Waals surface area (Å²) in [6, 6.07) is 13.8. The van der Waals surface area contributed by atoms with Gasteiger partial charge in [-0.1, -0.05) is 55.3 Å². The molecule has 0 atom stereocenters. The van der Waals surface area contributed by atoms with Gasteiger partial charge in [0.15, 0.2) is 5.96 Å². The number of aryl methyl sites for hydroxylation is 1. The van der Waals surface area contributed by atoms with E-state index in [2.05, 4.69) is 17.2 Å². The largest absolute Gasteiger partial charge is 0.464 e. The van der Waals surface area contributed by atoms with Crippen molar-refractivity contribution in [2.45, 2.75) is 33.2 Å². The fourth-order valence-corrected chi connectivity index (χ4v) is 3.69. The van der Waals surface area contributed by atoms with Gasteiger partial charge in [-0.3, -0.25) is 10.2 Å². The van der Waals surface area contributed by atoms with E-state index in [1.54, 1.807) is 0 Å². The van der Waals surface area contributed by atoms with E-state index in [0.29, 0.717) is 24.0 Å². The Morgan fingerprint density at radius 3 is 2.75 bits per heavy atom. The van der Waals surface area contributed by atoms with Crippen LogP contribution < -0.4 is 16.0 Å². The van der Waals surface area contributed by atoms with E-state index in [1.165, 1.54) is 6.20 Å². The zero-order valence-electron chi connectivity index (χ0n) is 18.3. The van der Waals surface area contributed by atoms with Crippen molar-refractivity contribution in [1.82, 2.24) is 4.98 Å². The zero-order chi connectivity index (χ0) is 23.1. The molecule has 0 amide bonds. The Labute approximate surface area is 193 Å². The van der Waals surface area contributed by atoms with Crippen molar-refractivity contribution < 1.29 is 9.53 Å². The van der Waals surface area contributed by atoms with Gasteiger partial charge in [0, 0.05) is 29.2 Å². The number of nitrogens with one attached hydrogen (secondary N) is 2. The van der Waals surface area contributed by atoms with Crippen LogP contribution in [0.3, 0.4) is 0 Å². The normalized spacial score (nSPS) is 10.7. The number of carbonyl (C=O) groups excluding carboxylic acids is 1. The maximum Gasteiger partial charge on any atom is 0.325 e. The van der Waals surface area contributed by atoms with Gasteiger partial charge in [0.2, 0.25) is 0 Å². The SMILES string of the molecule is CCCCOC(=O)CN(Cc1ccc2c(Cl)cnc(NC(=N)N)c2c1)c1ccccc1C. The van der Waals surface area contributed by atoms with Gasteiger partial charge in [-0.15, -0.1) is 0 Å². The standard InChI is InChI=1S/C24H28ClN5O2/c1-3-4-11-32-22(31)15-30(21-8-6-5-7-16(21)2)14-17-9-10-18-19(12-17)23(29-24(26)27)28-13-20(18)25/h5-10,12-13H,3-4,11,14-15H2,1-2H3,(H4,26,27,28,29). The maximum atomic E-state index is 12.5. The van der Waals surface area contributed by atoms with E-state index < -0.39 is 0 Å². The molecule has 1 aromatic heterocycles. The predicted molar refractivity (Wildman–Crippen MR) is 130 cm³/mol. The van der Waals surface area contributed by atoms with Crippen LogP contribution in [0.15, 0.2) is 48.7 Å². The fraction of sp³-hybridized carbons (Fsp3) is 0.292. The lowest BCUT2D eigenvalue weighted by Crippen LogP contribution is -2.31. The Balaban J connectivity index is 1.93. The molecule has 0 bridgehead atoms. The Morgan fingerprint density at radius 1 is 1.25 bits per heavy atom. The molecule has 32 heavy (non-hydrogen) atoms. The molecule has 2 aromatic carbocycles. The molecule has 0 aliphatic rings. The number of fused-ring (bicyclic) bond motifs is 1. The van der Waals surface area contributed by atoms with E-state index in [4.69, 9.17) is 27.5 Å². The summed E-state index contributed by atoms with van der Waals surface area (Å²) < 4.78 is 5.41. The number of halogens is 1. The number of rotatable bonds is 9. The highest BCUT2D eigenvalue weighted by Gasteiger charge is 2.16. The first-order chi connectivity index (χ1) is 15.4. The highest BCUT2D eigenvalue weighted by molar-refractivity contribution is 6.35. The van der Waals surface area contributed by atoms with Crippen LogP contribution in [0.1, 0.15) is 30.9 Å². The van der Waals surface area contributed by atoms with E-state index in [-0.39, 0.29) is 18.5 Å². The number of hydrogen-bond acceptors (Lipinski definition) is 5. The van der Waals surface area contributed by atoms with Crippen LogP contribution in [0.5, 0.6) is 0 Å². The highest BCUT2D eigenvalue weighted by atomic mass is 35.5. The van der Waals surface area contributed by atoms with Gasteiger partial charge in [0.05, 0.1) is 11.6 Å². The number of nitrogens with zero attached hydrogens (tertiary/aromatic N) is 2. The van der Waals surface area contributed by atoms with Crippen LogP contribution in [0.4, 0.5) is 11.5 Å². The molecule has 0 spiro atoms. The Bertz CT molecular complexity index is 1120. The first-order valence-electron chi connectivity index (χ1n) is 10.5. The Kier molecular flexibility index (Phi) is 7.89. The minimum atomic E-state index is -0.258. The molecular formula is C24H28ClN5O2. The third kappa shape index (κ3) is 5.88. The van der Waals surface area contributed by atoms with Crippen molar-refractivity contribution in [2.24, 2.45) is 5.73 Å². The molecular weight excluding hydrogens is 426 g/mol. The van der Waals surface area contributed by atoms with Gasteiger partial charge >= 0.3 is 5.97 Å². The molecule has 8 heteroatoms. The second kappa shape index (κ2) is 10.8. The average Bonchev–Trinajstić information content (AvgIpc) is 2.76. The van der Waals surface area contributed by atoms with Crippen molar-refractivity contribution in [3.05, 3.63) is 64.8 Å². The van der Waals surface area contributed by atoms with Crippen LogP contribution in [0.25, 0.3) is 10.8 Å². The number of esters is 1. The monoisotopic (exact) mass is 453 g/mol. The van der Waals surface area contributed by atoms with E-state index in [1.807, 2.05) is 54.3 Å². The number of carbonyl (C=O) groups is 1. The van der Waals surface area contributed by atoms with E-state index in [0.717, 1.165) is 40.4 Å². The lowest BCUT2D eigenvalue weighted by atomic mass is 10.1. The number of ether oxygens (including phenoxy) is 1. The third-order valence-electron chi connectivity index (χ3n) is 5.07. The van der Waals surface area contributed by atoms with Crippen molar-refractivity contribution in [3.8, 4) is 0 Å². The smallest absolute Gasteiger partial charge is 0.325 e.